The van der Waals surface area contributed by atoms with Gasteiger partial charge >= 0.3 is 5.97 Å². The minimum absolute atomic E-state index is 0.0218. The summed E-state index contributed by atoms with van der Waals surface area (Å²) in [5.74, 6) is -0.913. The summed E-state index contributed by atoms with van der Waals surface area (Å²) in [7, 11) is 0. The zero-order valence-corrected chi connectivity index (χ0v) is 13.5. The molecule has 0 aromatic heterocycles. The number of carboxylic acid groups (broad SMARTS) is 1. The number of likely N-dealkylation sites (tertiary alicyclic amines) is 1. The highest BCUT2D eigenvalue weighted by atomic mass is 16.4. The van der Waals surface area contributed by atoms with E-state index in [4.69, 9.17) is 0 Å². The normalized spacial score (nSPS) is 22.0. The maximum absolute atomic E-state index is 12.7. The van der Waals surface area contributed by atoms with Crippen molar-refractivity contribution >= 4 is 17.6 Å². The van der Waals surface area contributed by atoms with Gasteiger partial charge in [-0.1, -0.05) is 18.2 Å². The lowest BCUT2D eigenvalue weighted by molar-refractivity contribution is -0.149. The van der Waals surface area contributed by atoms with Gasteiger partial charge in [-0.25, -0.2) is 0 Å². The molecule has 1 N–H and O–H groups in total. The van der Waals surface area contributed by atoms with Gasteiger partial charge in [0, 0.05) is 11.7 Å². The molecular formula is C17H24N2O3. The molecule has 0 bridgehead atoms. The quantitative estimate of drug-likeness (QED) is 0.907. The average Bonchev–Trinajstić information content (AvgIpc) is 2.82. The van der Waals surface area contributed by atoms with Gasteiger partial charge in [0.05, 0.1) is 6.54 Å². The molecule has 1 aliphatic rings. The van der Waals surface area contributed by atoms with Crippen molar-refractivity contribution in [2.75, 3.05) is 18.0 Å². The van der Waals surface area contributed by atoms with Crippen LogP contribution in [0.15, 0.2) is 30.3 Å². The fourth-order valence-electron chi connectivity index (χ4n) is 3.07. The van der Waals surface area contributed by atoms with Crippen LogP contribution in [0.4, 0.5) is 5.69 Å². The molecule has 1 saturated heterocycles. The fraction of sp³-hybridized carbons (Fsp3) is 0.529. The first-order valence-corrected chi connectivity index (χ1v) is 7.72. The number of carbonyl (C=O) groups is 2. The van der Waals surface area contributed by atoms with Gasteiger partial charge in [-0.15, -0.1) is 0 Å². The zero-order valence-electron chi connectivity index (χ0n) is 13.5. The standard InChI is InChI=1S/C17H24N2O3/c1-13(2)19(14-8-5-4-6-9-14)15(20)12-18-11-7-10-17(18,3)16(21)22/h4-6,8-9,13H,7,10-12H2,1-3H3,(H,21,22). The number of hydrogen-bond donors (Lipinski definition) is 1. The summed E-state index contributed by atoms with van der Waals surface area (Å²) >= 11 is 0. The van der Waals surface area contributed by atoms with Crippen LogP contribution in [-0.2, 0) is 9.59 Å². The molecule has 1 aromatic carbocycles. The highest BCUT2D eigenvalue weighted by molar-refractivity contribution is 5.95. The smallest absolute Gasteiger partial charge is 0.323 e. The number of anilines is 1. The van der Waals surface area contributed by atoms with Crippen LogP contribution >= 0.6 is 0 Å². The van der Waals surface area contributed by atoms with E-state index in [0.717, 1.165) is 12.1 Å². The van der Waals surface area contributed by atoms with Gasteiger partial charge in [0.1, 0.15) is 5.54 Å². The van der Waals surface area contributed by atoms with Crippen molar-refractivity contribution in [3.8, 4) is 0 Å². The second kappa shape index (κ2) is 6.48. The predicted octanol–water partition coefficient (Wildman–Crippen LogP) is 2.37. The summed E-state index contributed by atoms with van der Waals surface area (Å²) in [6.45, 7) is 6.42. The van der Waals surface area contributed by atoms with Crippen LogP contribution in [0, 0.1) is 0 Å². The Bertz CT molecular complexity index is 544. The van der Waals surface area contributed by atoms with Gasteiger partial charge in [0.25, 0.3) is 0 Å². The van der Waals surface area contributed by atoms with Gasteiger partial charge in [-0.3, -0.25) is 14.5 Å². The SMILES string of the molecule is CC(C)N(C(=O)CN1CCCC1(C)C(=O)O)c1ccccc1. The Balaban J connectivity index is 2.17. The molecule has 1 atom stereocenters. The number of carbonyl (C=O) groups excluding carboxylic acids is 1. The second-order valence-corrected chi connectivity index (χ2v) is 6.30. The van der Waals surface area contributed by atoms with Gasteiger partial charge < -0.3 is 10.0 Å². The Labute approximate surface area is 131 Å². The van der Waals surface area contributed by atoms with E-state index in [1.165, 1.54) is 0 Å². The summed E-state index contributed by atoms with van der Waals surface area (Å²) in [5, 5.41) is 9.45. The van der Waals surface area contributed by atoms with Crippen molar-refractivity contribution in [3.63, 3.8) is 0 Å². The number of hydrogen-bond acceptors (Lipinski definition) is 3. The Morgan fingerprint density at radius 1 is 1.32 bits per heavy atom. The molecule has 1 fully saturated rings. The first-order chi connectivity index (χ1) is 10.4. The van der Waals surface area contributed by atoms with Crippen LogP contribution in [0.3, 0.4) is 0 Å². The molecule has 22 heavy (non-hydrogen) atoms. The summed E-state index contributed by atoms with van der Waals surface area (Å²) in [5.41, 5.74) is -0.0895. The minimum Gasteiger partial charge on any atom is -0.480 e. The molecule has 2 rings (SSSR count). The summed E-state index contributed by atoms with van der Waals surface area (Å²) in [6.07, 6.45) is 1.39. The zero-order chi connectivity index (χ0) is 16.3. The molecule has 1 amide bonds. The van der Waals surface area contributed by atoms with E-state index >= 15 is 0 Å². The molecule has 0 saturated carbocycles. The molecule has 120 valence electrons. The van der Waals surface area contributed by atoms with E-state index in [1.54, 1.807) is 16.7 Å². The van der Waals surface area contributed by atoms with Crippen LogP contribution in [0.5, 0.6) is 0 Å². The van der Waals surface area contributed by atoms with Gasteiger partial charge in [-0.2, -0.15) is 0 Å². The largest absolute Gasteiger partial charge is 0.480 e. The Morgan fingerprint density at radius 3 is 2.50 bits per heavy atom. The monoisotopic (exact) mass is 304 g/mol. The molecule has 0 spiro atoms. The van der Waals surface area contributed by atoms with E-state index in [2.05, 4.69) is 0 Å². The van der Waals surface area contributed by atoms with Crippen molar-refractivity contribution in [2.24, 2.45) is 0 Å². The molecule has 5 nitrogen and oxygen atoms in total. The first-order valence-electron chi connectivity index (χ1n) is 7.72. The molecule has 0 aliphatic carbocycles. The molecular weight excluding hydrogens is 280 g/mol. The Morgan fingerprint density at radius 2 is 1.95 bits per heavy atom. The molecule has 1 unspecified atom stereocenters. The number of carboxylic acids is 1. The molecule has 0 radical (unpaired) electrons. The maximum Gasteiger partial charge on any atom is 0.323 e. The minimum atomic E-state index is -0.936. The van der Waals surface area contributed by atoms with E-state index in [9.17, 15) is 14.7 Å². The van der Waals surface area contributed by atoms with Crippen LogP contribution < -0.4 is 4.90 Å². The third-order valence-electron chi connectivity index (χ3n) is 4.40. The van der Waals surface area contributed by atoms with Crippen molar-refractivity contribution in [1.29, 1.82) is 0 Å². The number of para-hydroxylation sites is 1. The van der Waals surface area contributed by atoms with Crippen molar-refractivity contribution in [1.82, 2.24) is 4.90 Å². The van der Waals surface area contributed by atoms with Crippen molar-refractivity contribution in [2.45, 2.75) is 45.2 Å². The summed E-state index contributed by atoms with van der Waals surface area (Å²) < 4.78 is 0. The highest BCUT2D eigenvalue weighted by Crippen LogP contribution is 2.29. The number of rotatable bonds is 5. The topological polar surface area (TPSA) is 60.9 Å². The number of aliphatic carboxylic acids is 1. The third kappa shape index (κ3) is 3.14. The van der Waals surface area contributed by atoms with Gasteiger partial charge in [-0.05, 0) is 52.3 Å². The Kier molecular flexibility index (Phi) is 4.86. The second-order valence-electron chi connectivity index (χ2n) is 6.30. The molecule has 1 aromatic rings. The highest BCUT2D eigenvalue weighted by Gasteiger charge is 2.44. The Hall–Kier alpha value is -1.88. The summed E-state index contributed by atoms with van der Waals surface area (Å²) in [4.78, 5) is 27.8. The van der Waals surface area contributed by atoms with Crippen LogP contribution in [0.2, 0.25) is 0 Å². The van der Waals surface area contributed by atoms with Crippen LogP contribution in [0.1, 0.15) is 33.6 Å². The fourth-order valence-corrected chi connectivity index (χ4v) is 3.07. The van der Waals surface area contributed by atoms with Crippen molar-refractivity contribution < 1.29 is 14.7 Å². The lowest BCUT2D eigenvalue weighted by Gasteiger charge is -2.34. The number of benzene rings is 1. The van der Waals surface area contributed by atoms with E-state index in [-0.39, 0.29) is 18.5 Å². The van der Waals surface area contributed by atoms with E-state index in [1.807, 2.05) is 44.2 Å². The lowest BCUT2D eigenvalue weighted by atomic mass is 9.99. The molecule has 1 aliphatic heterocycles. The maximum atomic E-state index is 12.7. The van der Waals surface area contributed by atoms with Crippen LogP contribution in [0.25, 0.3) is 0 Å². The number of amides is 1. The van der Waals surface area contributed by atoms with Gasteiger partial charge in [0.15, 0.2) is 0 Å². The lowest BCUT2D eigenvalue weighted by Crippen LogP contribution is -2.53. The average molecular weight is 304 g/mol. The number of nitrogens with zero attached hydrogens (tertiary/aromatic N) is 2. The predicted molar refractivity (Wildman–Crippen MR) is 85.9 cm³/mol. The summed E-state index contributed by atoms with van der Waals surface area (Å²) in [6, 6.07) is 9.53. The first kappa shape index (κ1) is 16.5. The third-order valence-corrected chi connectivity index (χ3v) is 4.40. The molecule has 1 heterocycles. The van der Waals surface area contributed by atoms with E-state index < -0.39 is 11.5 Å². The van der Waals surface area contributed by atoms with Gasteiger partial charge in [0.2, 0.25) is 5.91 Å². The van der Waals surface area contributed by atoms with Crippen LogP contribution in [-0.4, -0.2) is 46.6 Å². The van der Waals surface area contributed by atoms with E-state index in [0.29, 0.717) is 13.0 Å². The molecule has 5 heteroatoms. The van der Waals surface area contributed by atoms with Crippen molar-refractivity contribution in [3.05, 3.63) is 30.3 Å².